The number of hydrogen-bond donors (Lipinski definition) is 1. The van der Waals surface area contributed by atoms with Gasteiger partial charge in [0.15, 0.2) is 0 Å². The first-order valence-corrected chi connectivity index (χ1v) is 7.14. The van der Waals surface area contributed by atoms with Crippen LogP contribution in [0, 0.1) is 6.92 Å². The molecule has 112 valence electrons. The Morgan fingerprint density at radius 2 is 1.67 bits per heavy atom. The van der Waals surface area contributed by atoms with Crippen LogP contribution in [0.1, 0.15) is 29.7 Å². The number of ether oxygens (including phenoxy) is 2. The van der Waals surface area contributed by atoms with Crippen molar-refractivity contribution in [1.29, 1.82) is 0 Å². The lowest BCUT2D eigenvalue weighted by Crippen LogP contribution is -2.18. The lowest BCUT2D eigenvalue weighted by Gasteiger charge is -2.16. The fraction of sp³-hybridized carbons (Fsp3) is 0.333. The normalized spacial score (nSPS) is 12.0. The Kier molecular flexibility index (Phi) is 5.23. The Hall–Kier alpha value is -2.00. The fourth-order valence-corrected chi connectivity index (χ4v) is 2.30. The highest BCUT2D eigenvalue weighted by molar-refractivity contribution is 5.38. The van der Waals surface area contributed by atoms with Crippen molar-refractivity contribution in [2.75, 3.05) is 14.2 Å². The maximum absolute atomic E-state index is 5.30. The first-order chi connectivity index (χ1) is 10.1. The molecule has 0 aliphatic heterocycles. The van der Waals surface area contributed by atoms with Crippen LogP contribution in [0.2, 0.25) is 0 Å². The SMILES string of the molecule is COc1cc(CN[C@@H](C)c2cccc(C)c2)cc(OC)c1. The highest BCUT2D eigenvalue weighted by atomic mass is 16.5. The molecule has 21 heavy (non-hydrogen) atoms. The smallest absolute Gasteiger partial charge is 0.122 e. The molecule has 2 rings (SSSR count). The van der Waals surface area contributed by atoms with E-state index in [-0.39, 0.29) is 0 Å². The van der Waals surface area contributed by atoms with E-state index in [9.17, 15) is 0 Å². The molecule has 0 aromatic heterocycles. The molecule has 1 N–H and O–H groups in total. The maximum Gasteiger partial charge on any atom is 0.122 e. The quantitative estimate of drug-likeness (QED) is 0.874. The van der Waals surface area contributed by atoms with Gasteiger partial charge in [-0.2, -0.15) is 0 Å². The molecule has 0 fully saturated rings. The second-order valence-electron chi connectivity index (χ2n) is 5.24. The van der Waals surface area contributed by atoms with Crippen LogP contribution in [0.4, 0.5) is 0 Å². The van der Waals surface area contributed by atoms with Gasteiger partial charge in [0.05, 0.1) is 14.2 Å². The van der Waals surface area contributed by atoms with E-state index in [4.69, 9.17) is 9.47 Å². The number of hydrogen-bond acceptors (Lipinski definition) is 3. The van der Waals surface area contributed by atoms with Gasteiger partial charge in [0.25, 0.3) is 0 Å². The van der Waals surface area contributed by atoms with Gasteiger partial charge in [-0.15, -0.1) is 0 Å². The summed E-state index contributed by atoms with van der Waals surface area (Å²) in [5, 5.41) is 3.53. The van der Waals surface area contributed by atoms with Gasteiger partial charge in [0.2, 0.25) is 0 Å². The van der Waals surface area contributed by atoms with Crippen molar-refractivity contribution in [2.24, 2.45) is 0 Å². The van der Waals surface area contributed by atoms with Gasteiger partial charge in [-0.3, -0.25) is 0 Å². The van der Waals surface area contributed by atoms with Gasteiger partial charge >= 0.3 is 0 Å². The van der Waals surface area contributed by atoms with Crippen LogP contribution in [0.3, 0.4) is 0 Å². The molecule has 0 bridgehead atoms. The molecule has 0 unspecified atom stereocenters. The monoisotopic (exact) mass is 285 g/mol. The Morgan fingerprint density at radius 1 is 1.00 bits per heavy atom. The van der Waals surface area contributed by atoms with E-state index in [0.29, 0.717) is 6.04 Å². The second kappa shape index (κ2) is 7.14. The minimum Gasteiger partial charge on any atom is -0.497 e. The molecular weight excluding hydrogens is 262 g/mol. The van der Waals surface area contributed by atoms with Crippen molar-refractivity contribution in [1.82, 2.24) is 5.32 Å². The zero-order valence-corrected chi connectivity index (χ0v) is 13.1. The van der Waals surface area contributed by atoms with E-state index in [2.05, 4.69) is 43.4 Å². The summed E-state index contributed by atoms with van der Waals surface area (Å²) in [4.78, 5) is 0. The summed E-state index contributed by atoms with van der Waals surface area (Å²) in [6.07, 6.45) is 0. The van der Waals surface area contributed by atoms with Crippen LogP contribution in [0.5, 0.6) is 11.5 Å². The molecule has 0 aliphatic rings. The Labute approximate surface area is 126 Å². The van der Waals surface area contributed by atoms with Gasteiger partial charge in [-0.1, -0.05) is 29.8 Å². The number of aryl methyl sites for hydroxylation is 1. The summed E-state index contributed by atoms with van der Waals surface area (Å²) in [5.74, 6) is 1.63. The number of rotatable bonds is 6. The van der Waals surface area contributed by atoms with Crippen LogP contribution in [0.15, 0.2) is 42.5 Å². The topological polar surface area (TPSA) is 30.5 Å². The first-order valence-electron chi connectivity index (χ1n) is 7.14. The van der Waals surface area contributed by atoms with Crippen molar-refractivity contribution in [3.63, 3.8) is 0 Å². The van der Waals surface area contributed by atoms with Crippen molar-refractivity contribution in [3.8, 4) is 11.5 Å². The molecule has 2 aromatic carbocycles. The number of benzene rings is 2. The number of methoxy groups -OCH3 is 2. The summed E-state index contributed by atoms with van der Waals surface area (Å²) in [5.41, 5.74) is 3.72. The first kappa shape index (κ1) is 15.4. The minimum absolute atomic E-state index is 0.294. The summed E-state index contributed by atoms with van der Waals surface area (Å²) >= 11 is 0. The van der Waals surface area contributed by atoms with Crippen molar-refractivity contribution in [3.05, 3.63) is 59.2 Å². The summed E-state index contributed by atoms with van der Waals surface area (Å²) in [6.45, 7) is 5.05. The molecule has 2 aromatic rings. The van der Waals surface area contributed by atoms with Gasteiger partial charge in [-0.25, -0.2) is 0 Å². The van der Waals surface area contributed by atoms with Crippen LogP contribution in [-0.2, 0) is 6.54 Å². The van der Waals surface area contributed by atoms with Crippen LogP contribution < -0.4 is 14.8 Å². The molecule has 0 radical (unpaired) electrons. The molecule has 0 spiro atoms. The van der Waals surface area contributed by atoms with E-state index in [0.717, 1.165) is 23.6 Å². The fourth-order valence-electron chi connectivity index (χ4n) is 2.30. The van der Waals surface area contributed by atoms with Gasteiger partial charge in [0, 0.05) is 18.7 Å². The summed E-state index contributed by atoms with van der Waals surface area (Å²) in [7, 11) is 3.34. The molecule has 0 amide bonds. The van der Waals surface area contributed by atoms with Gasteiger partial charge in [-0.05, 0) is 37.1 Å². The third-order valence-corrected chi connectivity index (χ3v) is 3.57. The van der Waals surface area contributed by atoms with Gasteiger partial charge < -0.3 is 14.8 Å². The predicted molar refractivity (Wildman–Crippen MR) is 86.0 cm³/mol. The molecular formula is C18H23NO2. The molecule has 0 saturated heterocycles. The molecule has 0 aliphatic carbocycles. The number of nitrogens with one attached hydrogen (secondary N) is 1. The lowest BCUT2D eigenvalue weighted by atomic mass is 10.1. The van der Waals surface area contributed by atoms with E-state index in [1.807, 2.05) is 18.2 Å². The Morgan fingerprint density at radius 3 is 2.24 bits per heavy atom. The molecule has 0 saturated carbocycles. The van der Waals surface area contributed by atoms with Crippen molar-refractivity contribution in [2.45, 2.75) is 26.4 Å². The standard InChI is InChI=1S/C18H23NO2/c1-13-6-5-7-16(8-13)14(2)19-12-15-9-17(20-3)11-18(10-15)21-4/h5-11,14,19H,12H2,1-4H3/t14-/m0/s1. The highest BCUT2D eigenvalue weighted by Crippen LogP contribution is 2.23. The van der Waals surface area contributed by atoms with Crippen LogP contribution >= 0.6 is 0 Å². The molecule has 3 heteroatoms. The third kappa shape index (κ3) is 4.23. The Balaban J connectivity index is 2.05. The summed E-state index contributed by atoms with van der Waals surface area (Å²) < 4.78 is 10.6. The Bertz CT molecular complexity index is 573. The van der Waals surface area contributed by atoms with Crippen LogP contribution in [0.25, 0.3) is 0 Å². The van der Waals surface area contributed by atoms with E-state index in [1.54, 1.807) is 14.2 Å². The summed E-state index contributed by atoms with van der Waals surface area (Å²) in [6, 6.07) is 14.8. The van der Waals surface area contributed by atoms with E-state index < -0.39 is 0 Å². The van der Waals surface area contributed by atoms with Crippen molar-refractivity contribution >= 4 is 0 Å². The average molecular weight is 285 g/mol. The zero-order chi connectivity index (χ0) is 15.2. The minimum atomic E-state index is 0.294. The van der Waals surface area contributed by atoms with E-state index >= 15 is 0 Å². The molecule has 3 nitrogen and oxygen atoms in total. The molecule has 0 heterocycles. The maximum atomic E-state index is 5.30. The second-order valence-corrected chi connectivity index (χ2v) is 5.24. The van der Waals surface area contributed by atoms with E-state index in [1.165, 1.54) is 11.1 Å². The third-order valence-electron chi connectivity index (χ3n) is 3.57. The van der Waals surface area contributed by atoms with Gasteiger partial charge in [0.1, 0.15) is 11.5 Å². The molecule has 1 atom stereocenters. The predicted octanol–water partition coefficient (Wildman–Crippen LogP) is 3.86. The largest absolute Gasteiger partial charge is 0.497 e. The van der Waals surface area contributed by atoms with Crippen LogP contribution in [-0.4, -0.2) is 14.2 Å². The highest BCUT2D eigenvalue weighted by Gasteiger charge is 2.07. The zero-order valence-electron chi connectivity index (χ0n) is 13.1. The lowest BCUT2D eigenvalue weighted by molar-refractivity contribution is 0.392. The van der Waals surface area contributed by atoms with Crippen molar-refractivity contribution < 1.29 is 9.47 Å². The average Bonchev–Trinajstić information content (AvgIpc) is 2.52.